The molecule has 2 fully saturated rings. The molecule has 2 aromatic rings. The van der Waals surface area contributed by atoms with E-state index in [1.807, 2.05) is 13.0 Å². The normalized spacial score (nSPS) is 20.8. The highest BCUT2D eigenvalue weighted by atomic mass is 32.2. The number of sulfonamides is 1. The van der Waals surface area contributed by atoms with Crippen molar-refractivity contribution in [2.75, 3.05) is 19.8 Å². The summed E-state index contributed by atoms with van der Waals surface area (Å²) >= 11 is 1.72. The summed E-state index contributed by atoms with van der Waals surface area (Å²) in [7, 11) is -3.54. The maximum Gasteiger partial charge on any atom is 0.240 e. The first-order valence-electron chi connectivity index (χ1n) is 11.0. The van der Waals surface area contributed by atoms with Crippen LogP contribution in [0.2, 0.25) is 0 Å². The molecule has 0 amide bonds. The highest BCUT2D eigenvalue weighted by Gasteiger charge is 2.43. The largest absolute Gasteiger partial charge is 0.381 e. The van der Waals surface area contributed by atoms with Crippen molar-refractivity contribution < 1.29 is 13.2 Å². The number of benzene rings is 2. The molecule has 0 radical (unpaired) electrons. The maximum absolute atomic E-state index is 13.2. The van der Waals surface area contributed by atoms with Crippen LogP contribution in [0.25, 0.3) is 0 Å². The molecule has 1 saturated heterocycles. The van der Waals surface area contributed by atoms with Crippen molar-refractivity contribution in [3.63, 3.8) is 0 Å². The summed E-state index contributed by atoms with van der Waals surface area (Å²) in [5, 5.41) is 0. The van der Waals surface area contributed by atoms with Gasteiger partial charge in [-0.1, -0.05) is 48.9 Å². The Kier molecular flexibility index (Phi) is 5.46. The van der Waals surface area contributed by atoms with E-state index in [2.05, 4.69) is 35.1 Å². The van der Waals surface area contributed by atoms with Gasteiger partial charge >= 0.3 is 0 Å². The molecule has 0 unspecified atom stereocenters. The zero-order chi connectivity index (χ0) is 20.8. The molecule has 0 aromatic heterocycles. The van der Waals surface area contributed by atoms with Gasteiger partial charge in [0.2, 0.25) is 10.0 Å². The van der Waals surface area contributed by atoms with Gasteiger partial charge in [0.25, 0.3) is 0 Å². The molecular formula is C24H29NO3S2. The Morgan fingerprint density at radius 3 is 2.57 bits per heavy atom. The van der Waals surface area contributed by atoms with Crippen LogP contribution in [0.15, 0.2) is 51.1 Å². The second kappa shape index (κ2) is 7.97. The second-order valence-electron chi connectivity index (χ2n) is 8.91. The van der Waals surface area contributed by atoms with Crippen molar-refractivity contribution in [1.82, 2.24) is 4.72 Å². The molecule has 4 nitrogen and oxygen atoms in total. The molecule has 1 saturated carbocycles. The Bertz CT molecular complexity index is 1050. The molecule has 2 aromatic carbocycles. The van der Waals surface area contributed by atoms with Crippen LogP contribution in [0.1, 0.15) is 55.2 Å². The van der Waals surface area contributed by atoms with Gasteiger partial charge in [-0.05, 0) is 67.3 Å². The van der Waals surface area contributed by atoms with Gasteiger partial charge in [0.1, 0.15) is 0 Å². The van der Waals surface area contributed by atoms with Gasteiger partial charge < -0.3 is 4.74 Å². The molecule has 0 bridgehead atoms. The van der Waals surface area contributed by atoms with E-state index >= 15 is 0 Å². The van der Waals surface area contributed by atoms with Crippen molar-refractivity contribution in [2.24, 2.45) is 5.92 Å². The molecule has 3 aliphatic rings. The molecule has 1 aliphatic carbocycles. The van der Waals surface area contributed by atoms with Crippen LogP contribution in [-0.4, -0.2) is 28.2 Å². The van der Waals surface area contributed by atoms with E-state index in [1.165, 1.54) is 28.9 Å². The van der Waals surface area contributed by atoms with Crippen LogP contribution in [0.3, 0.4) is 0 Å². The van der Waals surface area contributed by atoms with Gasteiger partial charge in [0, 0.05) is 35.0 Å². The Labute approximate surface area is 183 Å². The number of ether oxygens (including phenoxy) is 1. The maximum atomic E-state index is 13.2. The fourth-order valence-electron chi connectivity index (χ4n) is 5.40. The minimum atomic E-state index is -3.54. The number of aryl methyl sites for hydroxylation is 1. The fraction of sp³-hybridized carbons (Fsp3) is 0.500. The van der Waals surface area contributed by atoms with Gasteiger partial charge in [0.05, 0.1) is 4.90 Å². The zero-order valence-electron chi connectivity index (χ0n) is 17.4. The third kappa shape index (κ3) is 3.52. The molecule has 30 heavy (non-hydrogen) atoms. The average molecular weight is 444 g/mol. The highest BCUT2D eigenvalue weighted by molar-refractivity contribution is 7.99. The predicted molar refractivity (Wildman–Crippen MR) is 120 cm³/mol. The zero-order valence-corrected chi connectivity index (χ0v) is 19.1. The lowest BCUT2D eigenvalue weighted by atomic mass is 9.72. The second-order valence-corrected chi connectivity index (χ2v) is 11.7. The van der Waals surface area contributed by atoms with E-state index < -0.39 is 10.0 Å². The molecule has 2 heterocycles. The summed E-state index contributed by atoms with van der Waals surface area (Å²) < 4.78 is 34.6. The monoisotopic (exact) mass is 443 g/mol. The summed E-state index contributed by atoms with van der Waals surface area (Å²) in [6, 6.07) is 12.8. The summed E-state index contributed by atoms with van der Waals surface area (Å²) in [6.45, 7) is 3.88. The number of hydrogen-bond donors (Lipinski definition) is 1. The summed E-state index contributed by atoms with van der Waals surface area (Å²) in [5.41, 5.74) is 3.64. The lowest BCUT2D eigenvalue weighted by molar-refractivity contribution is 0.0678. The van der Waals surface area contributed by atoms with Gasteiger partial charge in [-0.3, -0.25) is 0 Å². The van der Waals surface area contributed by atoms with Crippen molar-refractivity contribution in [3.8, 4) is 0 Å². The first-order valence-corrected chi connectivity index (χ1v) is 13.3. The van der Waals surface area contributed by atoms with Crippen LogP contribution in [0.5, 0.6) is 0 Å². The number of fused-ring (bicyclic) bond motifs is 4. The highest BCUT2D eigenvalue weighted by Crippen LogP contribution is 2.56. The van der Waals surface area contributed by atoms with E-state index in [0.29, 0.717) is 17.4 Å². The third-order valence-corrected chi connectivity index (χ3v) is 9.76. The van der Waals surface area contributed by atoms with Crippen molar-refractivity contribution in [3.05, 3.63) is 53.1 Å². The predicted octanol–water partition coefficient (Wildman–Crippen LogP) is 5.02. The molecular weight excluding hydrogens is 414 g/mol. The van der Waals surface area contributed by atoms with Crippen LogP contribution in [-0.2, 0) is 20.2 Å². The first-order chi connectivity index (χ1) is 14.5. The minimum Gasteiger partial charge on any atom is -0.381 e. The lowest BCUT2D eigenvalue weighted by Gasteiger charge is -2.38. The Morgan fingerprint density at radius 2 is 1.80 bits per heavy atom. The topological polar surface area (TPSA) is 55.4 Å². The quantitative estimate of drug-likeness (QED) is 0.720. The van der Waals surface area contributed by atoms with Crippen LogP contribution >= 0.6 is 11.8 Å². The molecule has 160 valence electrons. The molecule has 1 N–H and O–H groups in total. The fourth-order valence-corrected chi connectivity index (χ4v) is 8.14. The van der Waals surface area contributed by atoms with Gasteiger partial charge in [-0.2, -0.15) is 0 Å². The van der Waals surface area contributed by atoms with Crippen LogP contribution in [0.4, 0.5) is 0 Å². The van der Waals surface area contributed by atoms with E-state index in [1.54, 1.807) is 11.8 Å². The molecule has 0 atom stereocenters. The van der Waals surface area contributed by atoms with E-state index in [9.17, 15) is 8.42 Å². The van der Waals surface area contributed by atoms with E-state index in [0.717, 1.165) is 49.4 Å². The van der Waals surface area contributed by atoms with Gasteiger partial charge in [-0.25, -0.2) is 13.1 Å². The summed E-state index contributed by atoms with van der Waals surface area (Å²) in [6.07, 6.45) is 6.58. The lowest BCUT2D eigenvalue weighted by Crippen LogP contribution is -2.33. The standard InChI is InChI=1S/C24H29NO3S2/c1-17-14-20-22(15-23(17)30(26,27)25-16-18-8-12-28-13-9-18)29-21-7-3-2-6-19(21)24(20)10-4-5-11-24/h2-3,6-7,14-15,18,25H,4-5,8-13,16H2,1H3. The number of rotatable bonds is 4. The van der Waals surface area contributed by atoms with Crippen molar-refractivity contribution >= 4 is 21.8 Å². The molecule has 2 aliphatic heterocycles. The third-order valence-electron chi connectivity index (χ3n) is 7.06. The average Bonchev–Trinajstić information content (AvgIpc) is 3.24. The smallest absolute Gasteiger partial charge is 0.240 e. The van der Waals surface area contributed by atoms with Gasteiger partial charge in [-0.15, -0.1) is 0 Å². The van der Waals surface area contributed by atoms with Crippen LogP contribution < -0.4 is 4.72 Å². The summed E-state index contributed by atoms with van der Waals surface area (Å²) in [5.74, 6) is 0.356. The first kappa shape index (κ1) is 20.6. The summed E-state index contributed by atoms with van der Waals surface area (Å²) in [4.78, 5) is 2.80. The molecule has 6 heteroatoms. The van der Waals surface area contributed by atoms with Crippen molar-refractivity contribution in [1.29, 1.82) is 0 Å². The molecule has 5 rings (SSSR count). The Morgan fingerprint density at radius 1 is 1.07 bits per heavy atom. The Hall–Kier alpha value is -1.34. The van der Waals surface area contributed by atoms with E-state index in [-0.39, 0.29) is 5.41 Å². The Balaban J connectivity index is 1.50. The number of nitrogens with one attached hydrogen (secondary N) is 1. The minimum absolute atomic E-state index is 0.0414. The molecule has 1 spiro atoms. The SMILES string of the molecule is Cc1cc2c(cc1S(=O)(=O)NCC1CCOCC1)Sc1ccccc1C21CCCC1. The van der Waals surface area contributed by atoms with Crippen LogP contribution in [0, 0.1) is 12.8 Å². The van der Waals surface area contributed by atoms with E-state index in [4.69, 9.17) is 4.74 Å². The van der Waals surface area contributed by atoms with Crippen molar-refractivity contribution in [2.45, 2.75) is 65.6 Å². The number of hydrogen-bond acceptors (Lipinski definition) is 4. The van der Waals surface area contributed by atoms with Gasteiger partial charge in [0.15, 0.2) is 0 Å².